The van der Waals surface area contributed by atoms with Gasteiger partial charge in [0.2, 0.25) is 0 Å². The second-order valence-corrected chi connectivity index (χ2v) is 8.53. The van der Waals surface area contributed by atoms with Gasteiger partial charge in [0.15, 0.2) is 0 Å². The highest BCUT2D eigenvalue weighted by Gasteiger charge is 2.29. The predicted molar refractivity (Wildman–Crippen MR) is 100 cm³/mol. The molecule has 0 radical (unpaired) electrons. The molecule has 0 spiro atoms. The number of aromatic carboxylic acids is 1. The fourth-order valence-electron chi connectivity index (χ4n) is 3.05. The van der Waals surface area contributed by atoms with Crippen LogP contribution in [0.1, 0.15) is 74.2 Å². The van der Waals surface area contributed by atoms with Crippen LogP contribution in [0.4, 0.5) is 0 Å². The van der Waals surface area contributed by atoms with Crippen LogP contribution in [0.2, 0.25) is 0 Å². The van der Waals surface area contributed by atoms with Gasteiger partial charge in [-0.05, 0) is 39.5 Å². The third kappa shape index (κ3) is 4.05. The van der Waals surface area contributed by atoms with Crippen LogP contribution in [0.15, 0.2) is 42.5 Å². The highest BCUT2D eigenvalue weighted by molar-refractivity contribution is 5.92. The summed E-state index contributed by atoms with van der Waals surface area (Å²) in [6.07, 6.45) is 0.812. The largest absolute Gasteiger partial charge is 0.478 e. The molecule has 0 fully saturated rings. The Morgan fingerprint density at radius 3 is 1.67 bits per heavy atom. The maximum Gasteiger partial charge on any atom is 0.336 e. The molecule has 0 aliphatic rings. The minimum absolute atomic E-state index is 0.222. The van der Waals surface area contributed by atoms with Crippen LogP contribution in [-0.2, 0) is 17.3 Å². The Bertz CT molecular complexity index is 694. The maximum absolute atomic E-state index is 12.0. The molecule has 0 aliphatic carbocycles. The first-order chi connectivity index (χ1) is 11.0. The molecular formula is C22H28O2. The number of hydrogen-bond donors (Lipinski definition) is 1. The van der Waals surface area contributed by atoms with Gasteiger partial charge in [-0.1, -0.05) is 84.0 Å². The number of carboxylic acids is 1. The van der Waals surface area contributed by atoms with Crippen LogP contribution in [-0.4, -0.2) is 11.1 Å². The zero-order valence-corrected chi connectivity index (χ0v) is 15.6. The van der Waals surface area contributed by atoms with Gasteiger partial charge in [-0.15, -0.1) is 0 Å². The summed E-state index contributed by atoms with van der Waals surface area (Å²) in [6.45, 7) is 12.5. The summed E-state index contributed by atoms with van der Waals surface area (Å²) in [5.41, 5.74) is 4.25. The van der Waals surface area contributed by atoms with E-state index >= 15 is 0 Å². The summed E-state index contributed by atoms with van der Waals surface area (Å²) in [7, 11) is 0. The number of rotatable bonds is 3. The Morgan fingerprint density at radius 1 is 0.833 bits per heavy atom. The second kappa shape index (κ2) is 6.43. The molecule has 0 saturated carbocycles. The zero-order chi connectivity index (χ0) is 18.1. The van der Waals surface area contributed by atoms with Crippen LogP contribution < -0.4 is 0 Å². The molecule has 2 heteroatoms. The lowest BCUT2D eigenvalue weighted by Crippen LogP contribution is -2.24. The molecule has 0 aromatic heterocycles. The van der Waals surface area contributed by atoms with E-state index in [1.54, 1.807) is 0 Å². The zero-order valence-electron chi connectivity index (χ0n) is 15.6. The summed E-state index contributed by atoms with van der Waals surface area (Å²) in [5, 5.41) is 9.85. The first-order valence-electron chi connectivity index (χ1n) is 8.45. The molecule has 128 valence electrons. The van der Waals surface area contributed by atoms with Gasteiger partial charge in [0, 0.05) is 0 Å². The van der Waals surface area contributed by atoms with Crippen LogP contribution in [0.5, 0.6) is 0 Å². The maximum atomic E-state index is 12.0. The number of carbonyl (C=O) groups is 1. The molecule has 24 heavy (non-hydrogen) atoms. The van der Waals surface area contributed by atoms with E-state index in [4.69, 9.17) is 0 Å². The van der Waals surface area contributed by atoms with E-state index in [2.05, 4.69) is 65.8 Å². The van der Waals surface area contributed by atoms with Crippen molar-refractivity contribution in [3.8, 4) is 0 Å². The smallest absolute Gasteiger partial charge is 0.336 e. The summed E-state index contributed by atoms with van der Waals surface area (Å²) < 4.78 is 0. The van der Waals surface area contributed by atoms with Gasteiger partial charge < -0.3 is 5.11 Å². The van der Waals surface area contributed by atoms with Crippen LogP contribution in [0.25, 0.3) is 0 Å². The Kier molecular flexibility index (Phi) is 4.89. The average Bonchev–Trinajstić information content (AvgIpc) is 2.45. The second-order valence-electron chi connectivity index (χ2n) is 8.53. The first kappa shape index (κ1) is 18.3. The van der Waals surface area contributed by atoms with Crippen molar-refractivity contribution in [1.82, 2.24) is 0 Å². The molecular weight excluding hydrogens is 296 g/mol. The van der Waals surface area contributed by atoms with Gasteiger partial charge in [-0.25, -0.2) is 4.79 Å². The number of carboxylic acid groups (broad SMARTS) is 1. The van der Waals surface area contributed by atoms with E-state index in [1.807, 2.05) is 18.2 Å². The summed E-state index contributed by atoms with van der Waals surface area (Å²) in [5.74, 6) is -0.837. The Balaban J connectivity index is 2.69. The Labute approximate surface area is 145 Å². The van der Waals surface area contributed by atoms with Crippen molar-refractivity contribution in [2.75, 3.05) is 0 Å². The SMILES string of the molecule is CC(C)(C)c1cc(Cc2ccccc2)cc(C(C)(C)C)c1C(=O)O. The van der Waals surface area contributed by atoms with E-state index in [0.29, 0.717) is 5.56 Å². The van der Waals surface area contributed by atoms with Crippen molar-refractivity contribution in [3.05, 3.63) is 70.3 Å². The van der Waals surface area contributed by atoms with Crippen LogP contribution in [0, 0.1) is 0 Å². The van der Waals surface area contributed by atoms with Crippen LogP contribution in [0.3, 0.4) is 0 Å². The van der Waals surface area contributed by atoms with E-state index < -0.39 is 5.97 Å². The molecule has 0 saturated heterocycles. The van der Waals surface area contributed by atoms with Crippen molar-refractivity contribution >= 4 is 5.97 Å². The lowest BCUT2D eigenvalue weighted by molar-refractivity contribution is 0.0691. The number of benzene rings is 2. The first-order valence-corrected chi connectivity index (χ1v) is 8.45. The quantitative estimate of drug-likeness (QED) is 0.801. The third-order valence-electron chi connectivity index (χ3n) is 4.28. The molecule has 0 unspecified atom stereocenters. The molecule has 1 N–H and O–H groups in total. The van der Waals surface area contributed by atoms with Gasteiger partial charge in [-0.3, -0.25) is 0 Å². The normalized spacial score (nSPS) is 12.2. The molecule has 0 aliphatic heterocycles. The van der Waals surface area contributed by atoms with Crippen molar-refractivity contribution in [2.24, 2.45) is 0 Å². The van der Waals surface area contributed by atoms with Crippen molar-refractivity contribution < 1.29 is 9.90 Å². The summed E-state index contributed by atoms with van der Waals surface area (Å²) in [4.78, 5) is 12.0. The molecule has 0 amide bonds. The third-order valence-corrected chi connectivity index (χ3v) is 4.28. The Morgan fingerprint density at radius 2 is 1.29 bits per heavy atom. The molecule has 2 aromatic rings. The number of hydrogen-bond acceptors (Lipinski definition) is 1. The van der Waals surface area contributed by atoms with Gasteiger partial charge >= 0.3 is 5.97 Å². The fraction of sp³-hybridized carbons (Fsp3) is 0.409. The molecule has 2 nitrogen and oxygen atoms in total. The highest BCUT2D eigenvalue weighted by atomic mass is 16.4. The van der Waals surface area contributed by atoms with Gasteiger partial charge in [-0.2, -0.15) is 0 Å². The van der Waals surface area contributed by atoms with Crippen molar-refractivity contribution in [1.29, 1.82) is 0 Å². The summed E-state index contributed by atoms with van der Waals surface area (Å²) in [6, 6.07) is 14.5. The van der Waals surface area contributed by atoms with E-state index in [9.17, 15) is 9.90 Å². The van der Waals surface area contributed by atoms with Gasteiger partial charge in [0.25, 0.3) is 0 Å². The Hall–Kier alpha value is -2.09. The molecule has 0 atom stereocenters. The molecule has 2 rings (SSSR count). The molecule has 0 bridgehead atoms. The minimum atomic E-state index is -0.837. The lowest BCUT2D eigenvalue weighted by atomic mass is 9.75. The fourth-order valence-corrected chi connectivity index (χ4v) is 3.05. The minimum Gasteiger partial charge on any atom is -0.478 e. The van der Waals surface area contributed by atoms with E-state index in [1.165, 1.54) is 11.1 Å². The van der Waals surface area contributed by atoms with E-state index in [-0.39, 0.29) is 10.8 Å². The monoisotopic (exact) mass is 324 g/mol. The topological polar surface area (TPSA) is 37.3 Å². The standard InChI is InChI=1S/C22H28O2/c1-21(2,3)17-13-16(12-15-10-8-7-9-11-15)14-18(22(4,5)6)19(17)20(23)24/h7-11,13-14H,12H2,1-6H3,(H,23,24). The highest BCUT2D eigenvalue weighted by Crippen LogP contribution is 2.35. The van der Waals surface area contributed by atoms with Gasteiger partial charge in [0.1, 0.15) is 0 Å². The lowest BCUT2D eigenvalue weighted by Gasteiger charge is -2.29. The molecule has 0 heterocycles. The predicted octanol–water partition coefficient (Wildman–Crippen LogP) is 5.57. The average molecular weight is 324 g/mol. The van der Waals surface area contributed by atoms with Crippen molar-refractivity contribution in [2.45, 2.75) is 58.8 Å². The van der Waals surface area contributed by atoms with Crippen LogP contribution >= 0.6 is 0 Å². The van der Waals surface area contributed by atoms with Crippen molar-refractivity contribution in [3.63, 3.8) is 0 Å². The van der Waals surface area contributed by atoms with Gasteiger partial charge in [0.05, 0.1) is 5.56 Å². The molecule has 2 aromatic carbocycles. The van der Waals surface area contributed by atoms with E-state index in [0.717, 1.165) is 17.5 Å². The summed E-state index contributed by atoms with van der Waals surface area (Å²) >= 11 is 0.